The highest BCUT2D eigenvalue weighted by molar-refractivity contribution is 7.52. The summed E-state index contributed by atoms with van der Waals surface area (Å²) < 4.78 is 48.8. The molecule has 138 valence electrons. The molecule has 0 heterocycles. The first-order valence-electron chi connectivity index (χ1n) is 6.66. The Balaban J connectivity index is 3.26. The fourth-order valence-electron chi connectivity index (χ4n) is 2.00. The van der Waals surface area contributed by atoms with Crippen LogP contribution in [0.1, 0.15) is 16.7 Å². The van der Waals surface area contributed by atoms with Crippen molar-refractivity contribution in [3.8, 4) is 0 Å². The van der Waals surface area contributed by atoms with Crippen molar-refractivity contribution in [1.82, 2.24) is 0 Å². The van der Waals surface area contributed by atoms with Crippen molar-refractivity contribution in [3.63, 3.8) is 0 Å². The summed E-state index contributed by atoms with van der Waals surface area (Å²) in [5.74, 6) is 0. The number of benzene rings is 1. The summed E-state index contributed by atoms with van der Waals surface area (Å²) in [4.78, 5) is 28.8. The monoisotopic (exact) mass is 402 g/mol. The van der Waals surface area contributed by atoms with Crippen LogP contribution in [0.3, 0.4) is 0 Å². The smallest absolute Gasteiger partial charge is 0.324 e. The van der Waals surface area contributed by atoms with E-state index in [0.717, 1.165) is 21.3 Å². The molecule has 3 unspecified atom stereocenters. The van der Waals surface area contributed by atoms with Crippen LogP contribution in [0.2, 0.25) is 0 Å². The van der Waals surface area contributed by atoms with Gasteiger partial charge in [-0.2, -0.15) is 0 Å². The van der Waals surface area contributed by atoms with Crippen LogP contribution in [-0.2, 0) is 45.8 Å². The Labute approximate surface area is 140 Å². The standard InChI is InChI=1S/C12H21O9P3/c1-19-22(13,14)7-10-4-11(8-23(15,16)20-2)6-12(5-10)9-24(17,18)21-3/h4-6H,7-9H2,1-3H3,(H,13,14)(H,15,16)(H,17,18). The molecule has 9 nitrogen and oxygen atoms in total. The number of hydrogen-bond acceptors (Lipinski definition) is 6. The Morgan fingerprint density at radius 2 is 0.875 bits per heavy atom. The average Bonchev–Trinajstić information content (AvgIpc) is 2.45. The van der Waals surface area contributed by atoms with Gasteiger partial charge in [0.25, 0.3) is 0 Å². The van der Waals surface area contributed by atoms with Gasteiger partial charge in [-0.05, 0) is 16.7 Å². The molecule has 0 amide bonds. The number of hydrogen-bond donors (Lipinski definition) is 3. The van der Waals surface area contributed by atoms with E-state index in [1.807, 2.05) is 0 Å². The summed E-state index contributed by atoms with van der Waals surface area (Å²) in [6.07, 6.45) is -1.05. The fraction of sp³-hybridized carbons (Fsp3) is 0.500. The van der Waals surface area contributed by atoms with Gasteiger partial charge in [0.2, 0.25) is 0 Å². The summed E-state index contributed by atoms with van der Waals surface area (Å²) in [5, 5.41) is 0. The van der Waals surface area contributed by atoms with Crippen molar-refractivity contribution in [1.29, 1.82) is 0 Å². The van der Waals surface area contributed by atoms with Gasteiger partial charge >= 0.3 is 22.8 Å². The van der Waals surface area contributed by atoms with Crippen molar-refractivity contribution in [3.05, 3.63) is 34.9 Å². The summed E-state index contributed by atoms with van der Waals surface area (Å²) in [5.41, 5.74) is 0.965. The first-order chi connectivity index (χ1) is 10.9. The maximum Gasteiger partial charge on any atom is 0.332 e. The summed E-state index contributed by atoms with van der Waals surface area (Å²) in [7, 11) is -8.36. The van der Waals surface area contributed by atoms with Crippen molar-refractivity contribution in [2.45, 2.75) is 18.5 Å². The molecule has 0 radical (unpaired) electrons. The van der Waals surface area contributed by atoms with E-state index in [9.17, 15) is 28.4 Å². The van der Waals surface area contributed by atoms with Gasteiger partial charge in [0, 0.05) is 21.3 Å². The van der Waals surface area contributed by atoms with Crippen LogP contribution in [-0.4, -0.2) is 36.0 Å². The van der Waals surface area contributed by atoms with E-state index in [1.54, 1.807) is 0 Å². The molecule has 3 N–H and O–H groups in total. The molecule has 1 rings (SSSR count). The Kier molecular flexibility index (Phi) is 7.57. The lowest BCUT2D eigenvalue weighted by molar-refractivity contribution is 0.313. The summed E-state index contributed by atoms with van der Waals surface area (Å²) in [6, 6.07) is 4.34. The van der Waals surface area contributed by atoms with E-state index in [0.29, 0.717) is 16.7 Å². The molecule has 0 saturated heterocycles. The van der Waals surface area contributed by atoms with Crippen LogP contribution in [0.15, 0.2) is 18.2 Å². The molecule has 0 aliphatic carbocycles. The van der Waals surface area contributed by atoms with Gasteiger partial charge in [0.1, 0.15) is 0 Å². The largest absolute Gasteiger partial charge is 0.332 e. The molecule has 0 bridgehead atoms. The van der Waals surface area contributed by atoms with Crippen molar-refractivity contribution < 1.29 is 41.9 Å². The van der Waals surface area contributed by atoms with Gasteiger partial charge < -0.3 is 28.3 Å². The molecule has 3 atom stereocenters. The summed E-state index contributed by atoms with van der Waals surface area (Å²) >= 11 is 0. The molecule has 0 fully saturated rings. The molecule has 1 aromatic rings. The highest BCUT2D eigenvalue weighted by Gasteiger charge is 2.24. The fourth-order valence-corrected chi connectivity index (χ4v) is 4.32. The van der Waals surface area contributed by atoms with Gasteiger partial charge in [0.05, 0.1) is 18.5 Å². The minimum Gasteiger partial charge on any atom is -0.324 e. The minimum absolute atomic E-state index is 0.322. The lowest BCUT2D eigenvalue weighted by Gasteiger charge is -2.15. The van der Waals surface area contributed by atoms with E-state index in [-0.39, 0.29) is 18.5 Å². The van der Waals surface area contributed by atoms with Crippen LogP contribution in [0, 0.1) is 0 Å². The third kappa shape index (κ3) is 7.28. The lowest BCUT2D eigenvalue weighted by Crippen LogP contribution is -1.98. The van der Waals surface area contributed by atoms with Crippen molar-refractivity contribution in [2.75, 3.05) is 21.3 Å². The van der Waals surface area contributed by atoms with E-state index < -0.39 is 22.8 Å². The Hall–Kier alpha value is -0.330. The van der Waals surface area contributed by atoms with Crippen LogP contribution < -0.4 is 0 Å². The normalized spacial score (nSPS) is 19.2. The molecule has 0 saturated carbocycles. The van der Waals surface area contributed by atoms with E-state index in [2.05, 4.69) is 13.6 Å². The molecule has 12 heteroatoms. The summed E-state index contributed by atoms with van der Waals surface area (Å²) in [6.45, 7) is 0. The zero-order valence-corrected chi connectivity index (χ0v) is 16.2. The first kappa shape index (κ1) is 21.7. The zero-order valence-electron chi connectivity index (χ0n) is 13.5. The average molecular weight is 402 g/mol. The molecule has 24 heavy (non-hydrogen) atoms. The van der Waals surface area contributed by atoms with Crippen LogP contribution >= 0.6 is 22.8 Å². The maximum absolute atomic E-state index is 11.7. The van der Waals surface area contributed by atoms with E-state index in [1.165, 1.54) is 18.2 Å². The van der Waals surface area contributed by atoms with E-state index >= 15 is 0 Å². The van der Waals surface area contributed by atoms with Gasteiger partial charge in [-0.3, -0.25) is 13.7 Å². The van der Waals surface area contributed by atoms with Crippen molar-refractivity contribution >= 4 is 22.8 Å². The SMILES string of the molecule is COP(=O)(O)Cc1cc(CP(=O)(O)OC)cc(CP(=O)(O)OC)c1. The Morgan fingerprint density at radius 3 is 1.04 bits per heavy atom. The quantitative estimate of drug-likeness (QED) is 0.532. The second-order valence-corrected chi connectivity index (χ2v) is 11.0. The molecular formula is C12H21O9P3. The van der Waals surface area contributed by atoms with Crippen molar-refractivity contribution in [2.24, 2.45) is 0 Å². The van der Waals surface area contributed by atoms with Gasteiger partial charge in [-0.1, -0.05) is 18.2 Å². The zero-order chi connectivity index (χ0) is 18.6. The van der Waals surface area contributed by atoms with Gasteiger partial charge in [-0.25, -0.2) is 0 Å². The molecule has 0 aromatic heterocycles. The van der Waals surface area contributed by atoms with E-state index in [4.69, 9.17) is 0 Å². The Bertz CT molecular complexity index is 610. The first-order valence-corrected chi connectivity index (χ1v) is 11.9. The second-order valence-electron chi connectivity index (χ2n) is 5.09. The molecule has 0 aliphatic rings. The molecule has 1 aromatic carbocycles. The number of rotatable bonds is 9. The second kappa shape index (κ2) is 8.37. The Morgan fingerprint density at radius 1 is 0.667 bits per heavy atom. The molecule has 0 aliphatic heterocycles. The predicted molar refractivity (Wildman–Crippen MR) is 88.1 cm³/mol. The third-order valence-electron chi connectivity index (χ3n) is 3.12. The predicted octanol–water partition coefficient (Wildman–Crippen LogP) is 2.68. The van der Waals surface area contributed by atoms with Gasteiger partial charge in [-0.15, -0.1) is 0 Å². The van der Waals surface area contributed by atoms with Crippen LogP contribution in [0.5, 0.6) is 0 Å². The lowest BCUT2D eigenvalue weighted by atomic mass is 10.1. The highest BCUT2D eigenvalue weighted by atomic mass is 31.2. The van der Waals surface area contributed by atoms with Crippen LogP contribution in [0.4, 0.5) is 0 Å². The third-order valence-corrected chi connectivity index (χ3v) is 7.12. The molecule has 0 spiro atoms. The van der Waals surface area contributed by atoms with Gasteiger partial charge in [0.15, 0.2) is 0 Å². The molecular weight excluding hydrogens is 381 g/mol. The minimum atomic E-state index is -3.88. The van der Waals surface area contributed by atoms with Crippen LogP contribution in [0.25, 0.3) is 0 Å². The highest BCUT2D eigenvalue weighted by Crippen LogP contribution is 2.49. The topological polar surface area (TPSA) is 140 Å². The maximum atomic E-state index is 11.7.